The molecule has 0 aromatic heterocycles. The Morgan fingerprint density at radius 2 is 1.22 bits per heavy atom. The molecule has 572 valence electrons. The molecule has 25 nitrogen and oxygen atoms in total. The van der Waals surface area contributed by atoms with Gasteiger partial charge in [-0.3, -0.25) is 57.5 Å². The first kappa shape index (κ1) is 83.7. The molecule has 8 atom stereocenters. The van der Waals surface area contributed by atoms with E-state index in [4.69, 9.17) is 11.6 Å². The maximum Gasteiger partial charge on any atom is 0.573 e. The minimum Gasteiger partial charge on any atom is -0.406 e. The monoisotopic (exact) mass is 1480 g/mol. The molecule has 4 fully saturated rings. The van der Waals surface area contributed by atoms with Crippen LogP contribution in [0.4, 0.5) is 26.3 Å². The van der Waals surface area contributed by atoms with Gasteiger partial charge in [0, 0.05) is 75.4 Å². The maximum atomic E-state index is 15.4. The molecule has 3 aliphatic heterocycles. The fourth-order valence-electron chi connectivity index (χ4n) is 13.9. The summed E-state index contributed by atoms with van der Waals surface area (Å²) in [6, 6.07) is -2.35. The fraction of sp³-hybridized carbons (Fsp3) is 0.662. The highest BCUT2D eigenvalue weighted by atomic mass is 35.5. The van der Waals surface area contributed by atoms with Gasteiger partial charge in [0.25, 0.3) is 0 Å². The molecule has 6 rings (SSSR count). The first-order valence-corrected chi connectivity index (χ1v) is 35.5. The van der Waals surface area contributed by atoms with Crippen LogP contribution in [0.2, 0.25) is 5.02 Å². The molecule has 103 heavy (non-hydrogen) atoms. The number of nitrogens with one attached hydrogen (secondary N) is 3. The summed E-state index contributed by atoms with van der Waals surface area (Å²) in [5.74, 6) is -11.3. The van der Waals surface area contributed by atoms with E-state index < -0.39 is 192 Å². The van der Waals surface area contributed by atoms with Crippen molar-refractivity contribution in [3.63, 3.8) is 0 Å². The zero-order valence-electron chi connectivity index (χ0n) is 61.1. The van der Waals surface area contributed by atoms with Gasteiger partial charge < -0.3 is 64.8 Å². The standard InChI is InChI=1S/C71H101ClF6N12O13/c1-14-44(6)59-66(100)84(9)40-57(93)82(7)41-58(94)86(11)53(37-46-22-26-47(27-23-46)103-71(76,77)78)64(98)83(8)39-55(91)79-50(29-25-45-24-28-48(49(72)36-45)70(73,74)75)63(97)90-34-20-21-51(90)62(96)81-69(30-16-17-31-69)68(102)88(13)60(43(4)5)67(101)87(12)54(65(99)89-32-18-15-19-33-89)38-56(92)85(10)52(35-42(2)3)61(95)80-59/h22-24,26-28,36,42-44,50-54,59-60H,14-21,25,29-35,37-41H2,1-13H3,(H,79,91)(H,80,95)(H,81,96)/t44-,50-,51-,52-,53-,54-,59-,60-/m0/s1. The first-order chi connectivity index (χ1) is 48.1. The number of carbonyl (C=O) groups excluding carboxylic acids is 12. The van der Waals surface area contributed by atoms with Crippen molar-refractivity contribution in [3.05, 3.63) is 64.2 Å². The lowest BCUT2D eigenvalue weighted by atomic mass is 9.91. The second-order valence-electron chi connectivity index (χ2n) is 28.7. The maximum absolute atomic E-state index is 15.4. The predicted octanol–water partition coefficient (Wildman–Crippen LogP) is 5.67. The van der Waals surface area contributed by atoms with E-state index in [1.165, 1.54) is 76.2 Å². The van der Waals surface area contributed by atoms with Crippen molar-refractivity contribution in [2.75, 3.05) is 88.6 Å². The van der Waals surface area contributed by atoms with E-state index in [9.17, 15) is 64.7 Å². The molecule has 2 aromatic carbocycles. The van der Waals surface area contributed by atoms with Gasteiger partial charge >= 0.3 is 12.5 Å². The largest absolute Gasteiger partial charge is 0.573 e. The lowest BCUT2D eigenvalue weighted by Gasteiger charge is -2.42. The minimum absolute atomic E-state index is 0.0499. The van der Waals surface area contributed by atoms with Gasteiger partial charge in [0.1, 0.15) is 53.6 Å². The molecule has 0 bridgehead atoms. The summed E-state index contributed by atoms with van der Waals surface area (Å²) in [6.45, 7) is 8.92. The zero-order valence-corrected chi connectivity index (χ0v) is 61.9. The van der Waals surface area contributed by atoms with Gasteiger partial charge in [0.05, 0.1) is 36.6 Å². The Labute approximate surface area is 603 Å². The summed E-state index contributed by atoms with van der Waals surface area (Å²) in [5.41, 5.74) is -2.36. The SMILES string of the molecule is CC[C@H](C)[C@@H]1NC(=O)[C@H](CC(C)C)N(C)C(=O)C[C@@H](C(=O)N2CCCCC2)N(C)C(=O)[C@H](C(C)C)N(C)C(=O)C2(CCCC2)NC(=O)[C@@H]2CCCN2C(=O)[C@H](CCc2ccc(C(F)(F)F)c(Cl)c2)NC(=O)CN(C)C(=O)[C@H](Cc2ccc(OC(F)(F)F)cc2)N(C)C(=O)CN(C)C(=O)CN(C)C1=O. The van der Waals surface area contributed by atoms with E-state index in [2.05, 4.69) is 20.7 Å². The van der Waals surface area contributed by atoms with Gasteiger partial charge in [-0.15, -0.1) is 13.2 Å². The summed E-state index contributed by atoms with van der Waals surface area (Å²) >= 11 is 6.11. The Morgan fingerprint density at radius 1 is 0.631 bits per heavy atom. The molecule has 3 heterocycles. The molecular formula is C71H101ClF6N12O13. The topological polar surface area (TPSA) is 279 Å². The van der Waals surface area contributed by atoms with Gasteiger partial charge in [-0.1, -0.05) is 90.6 Å². The number of hydrogen-bond donors (Lipinski definition) is 3. The Bertz CT molecular complexity index is 3410. The molecule has 2 aromatic rings. The number of nitrogens with zero attached hydrogens (tertiary/aromatic N) is 9. The van der Waals surface area contributed by atoms with Crippen molar-refractivity contribution in [1.29, 1.82) is 0 Å². The molecule has 3 N–H and O–H groups in total. The number of likely N-dealkylation sites (tertiary alicyclic amines) is 1. The third-order valence-electron chi connectivity index (χ3n) is 20.2. The Kier molecular flexibility index (Phi) is 29.2. The summed E-state index contributed by atoms with van der Waals surface area (Å²) in [5, 5.41) is 7.80. The average Bonchev–Trinajstić information content (AvgIpc) is 1.73. The highest BCUT2D eigenvalue weighted by Crippen LogP contribution is 2.37. The third kappa shape index (κ3) is 21.7. The summed E-state index contributed by atoms with van der Waals surface area (Å²) in [4.78, 5) is 188. The highest BCUT2D eigenvalue weighted by molar-refractivity contribution is 6.31. The van der Waals surface area contributed by atoms with Gasteiger partial charge in [-0.25, -0.2) is 0 Å². The molecule has 32 heteroatoms. The van der Waals surface area contributed by atoms with E-state index in [0.717, 1.165) is 61.3 Å². The lowest BCUT2D eigenvalue weighted by Crippen LogP contribution is -2.65. The van der Waals surface area contributed by atoms with Crippen LogP contribution in [0.25, 0.3) is 0 Å². The van der Waals surface area contributed by atoms with Crippen LogP contribution in [0.1, 0.15) is 142 Å². The second kappa shape index (κ2) is 36.0. The van der Waals surface area contributed by atoms with Crippen molar-refractivity contribution in [2.45, 2.75) is 198 Å². The van der Waals surface area contributed by atoms with Crippen LogP contribution < -0.4 is 20.7 Å². The Morgan fingerprint density at radius 3 is 1.80 bits per heavy atom. The number of benzene rings is 2. The molecular weight excluding hydrogens is 1380 g/mol. The van der Waals surface area contributed by atoms with Crippen molar-refractivity contribution in [2.24, 2.45) is 17.8 Å². The summed E-state index contributed by atoms with van der Waals surface area (Å²) < 4.78 is 85.3. The number of carbonyl (C=O) groups is 12. The second-order valence-corrected chi connectivity index (χ2v) is 29.1. The number of aryl methyl sites for hydroxylation is 1. The van der Waals surface area contributed by atoms with E-state index in [0.29, 0.717) is 45.2 Å². The van der Waals surface area contributed by atoms with Gasteiger partial charge in [-0.2, -0.15) is 13.2 Å². The first-order valence-electron chi connectivity index (χ1n) is 35.1. The number of likely N-dealkylation sites (N-methyl/N-ethyl adjacent to an activating group) is 7. The number of fused-ring (bicyclic) bond motifs is 1. The number of piperidine rings is 1. The van der Waals surface area contributed by atoms with Crippen molar-refractivity contribution in [3.8, 4) is 5.75 Å². The number of halogens is 7. The number of hydrogen-bond acceptors (Lipinski definition) is 13. The lowest BCUT2D eigenvalue weighted by molar-refractivity contribution is -0.274. The van der Waals surface area contributed by atoms with Gasteiger partial charge in [0.15, 0.2) is 0 Å². The molecule has 1 saturated carbocycles. The van der Waals surface area contributed by atoms with Crippen LogP contribution in [0.15, 0.2) is 42.5 Å². The van der Waals surface area contributed by atoms with Gasteiger partial charge in [-0.05, 0) is 117 Å². The van der Waals surface area contributed by atoms with E-state index in [1.807, 2.05) is 13.8 Å². The molecule has 4 aliphatic rings. The molecule has 1 spiro atoms. The summed E-state index contributed by atoms with van der Waals surface area (Å²) in [7, 11) is 9.12. The van der Waals surface area contributed by atoms with Crippen molar-refractivity contribution in [1.82, 2.24) is 60.0 Å². The average molecular weight is 1480 g/mol. The molecule has 1 aliphatic carbocycles. The fourth-order valence-corrected chi connectivity index (χ4v) is 14.2. The van der Waals surface area contributed by atoms with E-state index in [1.54, 1.807) is 32.6 Å². The normalized spacial score (nSPS) is 24.5. The minimum atomic E-state index is -5.06. The van der Waals surface area contributed by atoms with Crippen molar-refractivity contribution < 1.29 is 88.6 Å². The van der Waals surface area contributed by atoms with Gasteiger partial charge in [0.2, 0.25) is 70.9 Å². The molecule has 0 unspecified atom stereocenters. The molecule has 3 saturated heterocycles. The Balaban J connectivity index is 1.44. The highest BCUT2D eigenvalue weighted by Gasteiger charge is 2.51. The van der Waals surface area contributed by atoms with Crippen LogP contribution in [0.3, 0.4) is 0 Å². The van der Waals surface area contributed by atoms with Crippen LogP contribution in [0, 0.1) is 17.8 Å². The Hall–Kier alpha value is -8.25. The third-order valence-corrected chi connectivity index (χ3v) is 20.5. The number of ether oxygens (including phenoxy) is 1. The van der Waals surface area contributed by atoms with Crippen molar-refractivity contribution >= 4 is 82.5 Å². The molecule has 12 amide bonds. The quantitative estimate of drug-likeness (QED) is 0.216. The predicted molar refractivity (Wildman–Crippen MR) is 367 cm³/mol. The van der Waals surface area contributed by atoms with Crippen LogP contribution >= 0.6 is 11.6 Å². The molecule has 0 radical (unpaired) electrons. The summed E-state index contributed by atoms with van der Waals surface area (Å²) in [6.07, 6.45) is -7.39. The van der Waals surface area contributed by atoms with E-state index in [-0.39, 0.29) is 68.5 Å². The zero-order chi connectivity index (χ0) is 76.9. The number of rotatable bonds is 12. The van der Waals surface area contributed by atoms with Crippen LogP contribution in [-0.2, 0) is 76.6 Å². The van der Waals surface area contributed by atoms with Crippen LogP contribution in [-0.4, -0.2) is 258 Å². The number of alkyl halides is 6. The smallest absolute Gasteiger partial charge is 0.406 e. The van der Waals surface area contributed by atoms with Crippen LogP contribution in [0.5, 0.6) is 5.75 Å². The van der Waals surface area contributed by atoms with E-state index >= 15 is 19.2 Å². The number of amides is 12.